The van der Waals surface area contributed by atoms with Crippen LogP contribution >= 0.6 is 0 Å². The van der Waals surface area contributed by atoms with Gasteiger partial charge in [0, 0.05) is 20.1 Å². The Morgan fingerprint density at radius 3 is 2.21 bits per heavy atom. The fourth-order valence-electron chi connectivity index (χ4n) is 2.77. The molecule has 2 aromatic rings. The average Bonchev–Trinajstić information content (AvgIpc) is 2.66. The maximum atomic E-state index is 12.7. The molecule has 0 fully saturated rings. The summed E-state index contributed by atoms with van der Waals surface area (Å²) in [6.07, 6.45) is 1.63. The van der Waals surface area contributed by atoms with Crippen molar-refractivity contribution in [3.63, 3.8) is 0 Å². The molecule has 0 radical (unpaired) electrons. The van der Waals surface area contributed by atoms with Gasteiger partial charge in [-0.2, -0.15) is 12.7 Å². The van der Waals surface area contributed by atoms with Crippen molar-refractivity contribution in [2.45, 2.75) is 32.7 Å². The molecule has 6 nitrogen and oxygen atoms in total. The minimum atomic E-state index is -3.79. The average molecular weight is 404 g/mol. The number of amides is 1. The largest absolute Gasteiger partial charge is 0.352 e. The zero-order chi connectivity index (χ0) is 20.7. The standard InChI is InChI=1S/C21H29N3O3S/c1-17-10-14-20(15-11-17)24(28(26,27)23(3)4)16-21(25)22-18(2)12-13-19-8-6-5-7-9-19/h5-11,14-15,18H,12-13,16H2,1-4H3,(H,22,25)/t18-/m1/s1. The quantitative estimate of drug-likeness (QED) is 0.700. The molecule has 0 unspecified atom stereocenters. The Balaban J connectivity index is 2.04. The normalized spacial score (nSPS) is 12.6. The van der Waals surface area contributed by atoms with Crippen molar-refractivity contribution in [2.75, 3.05) is 24.9 Å². The Labute approximate surface area is 168 Å². The molecule has 7 heteroatoms. The number of carbonyl (C=O) groups is 1. The van der Waals surface area contributed by atoms with Crippen LogP contribution in [0.5, 0.6) is 0 Å². The molecule has 0 aromatic heterocycles. The van der Waals surface area contributed by atoms with Crippen molar-refractivity contribution >= 4 is 21.8 Å². The van der Waals surface area contributed by atoms with Crippen LogP contribution in [0.25, 0.3) is 0 Å². The van der Waals surface area contributed by atoms with E-state index in [0.29, 0.717) is 5.69 Å². The van der Waals surface area contributed by atoms with Crippen LogP contribution in [0.3, 0.4) is 0 Å². The van der Waals surface area contributed by atoms with E-state index >= 15 is 0 Å². The summed E-state index contributed by atoms with van der Waals surface area (Å²) in [6.45, 7) is 3.59. The van der Waals surface area contributed by atoms with Crippen molar-refractivity contribution in [3.8, 4) is 0 Å². The number of benzene rings is 2. The lowest BCUT2D eigenvalue weighted by Crippen LogP contribution is -2.47. The molecule has 1 N–H and O–H groups in total. The van der Waals surface area contributed by atoms with Gasteiger partial charge in [-0.25, -0.2) is 4.31 Å². The van der Waals surface area contributed by atoms with Crippen molar-refractivity contribution in [1.82, 2.24) is 9.62 Å². The molecule has 1 amide bonds. The first-order valence-corrected chi connectivity index (χ1v) is 10.7. The molecule has 0 aliphatic carbocycles. The number of aryl methyl sites for hydroxylation is 2. The molecule has 0 saturated heterocycles. The Kier molecular flexibility index (Phi) is 7.60. The van der Waals surface area contributed by atoms with Crippen molar-refractivity contribution in [3.05, 3.63) is 65.7 Å². The first-order valence-electron chi connectivity index (χ1n) is 9.30. The van der Waals surface area contributed by atoms with Crippen molar-refractivity contribution in [1.29, 1.82) is 0 Å². The molecule has 0 spiro atoms. The lowest BCUT2D eigenvalue weighted by atomic mass is 10.1. The van der Waals surface area contributed by atoms with Crippen LogP contribution in [-0.4, -0.2) is 45.3 Å². The highest BCUT2D eigenvalue weighted by atomic mass is 32.2. The van der Waals surface area contributed by atoms with E-state index in [1.807, 2.05) is 44.2 Å². The van der Waals surface area contributed by atoms with Crippen LogP contribution in [0, 0.1) is 6.92 Å². The van der Waals surface area contributed by atoms with E-state index in [9.17, 15) is 13.2 Å². The van der Waals surface area contributed by atoms with Gasteiger partial charge in [0.25, 0.3) is 0 Å². The van der Waals surface area contributed by atoms with E-state index in [1.165, 1.54) is 19.7 Å². The summed E-state index contributed by atoms with van der Waals surface area (Å²) in [4.78, 5) is 12.5. The van der Waals surface area contributed by atoms with Crippen LogP contribution in [0.2, 0.25) is 0 Å². The third-order valence-electron chi connectivity index (χ3n) is 4.47. The summed E-state index contributed by atoms with van der Waals surface area (Å²) >= 11 is 0. The third-order valence-corrected chi connectivity index (χ3v) is 6.29. The fourth-order valence-corrected chi connectivity index (χ4v) is 3.83. The molecule has 2 aromatic carbocycles. The van der Waals surface area contributed by atoms with Gasteiger partial charge in [0.2, 0.25) is 5.91 Å². The summed E-state index contributed by atoms with van der Waals surface area (Å²) in [5.41, 5.74) is 2.69. The predicted octanol–water partition coefficient (Wildman–Crippen LogP) is 2.75. The highest BCUT2D eigenvalue weighted by molar-refractivity contribution is 7.90. The molecule has 0 saturated carbocycles. The molecule has 0 aliphatic rings. The van der Waals surface area contributed by atoms with Crippen molar-refractivity contribution < 1.29 is 13.2 Å². The second-order valence-electron chi connectivity index (χ2n) is 7.13. The Morgan fingerprint density at radius 1 is 1.04 bits per heavy atom. The molecule has 1 atom stereocenters. The number of anilines is 1. The van der Waals surface area contributed by atoms with Crippen molar-refractivity contribution in [2.24, 2.45) is 0 Å². The minimum Gasteiger partial charge on any atom is -0.352 e. The van der Waals surface area contributed by atoms with E-state index in [-0.39, 0.29) is 18.5 Å². The van der Waals surface area contributed by atoms with Gasteiger partial charge in [-0.1, -0.05) is 48.0 Å². The van der Waals surface area contributed by atoms with E-state index in [0.717, 1.165) is 27.0 Å². The summed E-state index contributed by atoms with van der Waals surface area (Å²) < 4.78 is 27.7. The van der Waals surface area contributed by atoms with Gasteiger partial charge in [-0.3, -0.25) is 4.79 Å². The second-order valence-corrected chi connectivity index (χ2v) is 9.19. The van der Waals surface area contributed by atoms with E-state index in [4.69, 9.17) is 0 Å². The monoisotopic (exact) mass is 403 g/mol. The topological polar surface area (TPSA) is 69.7 Å². The molecule has 0 aliphatic heterocycles. The maximum Gasteiger partial charge on any atom is 0.304 e. The van der Waals surface area contributed by atoms with Crippen LogP contribution in [0.4, 0.5) is 5.69 Å². The molecule has 0 heterocycles. The molecule has 0 bridgehead atoms. The number of carbonyl (C=O) groups excluding carboxylic acids is 1. The summed E-state index contributed by atoms with van der Waals surface area (Å²) in [5.74, 6) is -0.327. The van der Waals surface area contributed by atoms with E-state index in [2.05, 4.69) is 17.4 Å². The SMILES string of the molecule is Cc1ccc(N(CC(=O)N[C@H](C)CCc2ccccc2)S(=O)(=O)N(C)C)cc1. The summed E-state index contributed by atoms with van der Waals surface area (Å²) in [6, 6.07) is 17.1. The lowest BCUT2D eigenvalue weighted by molar-refractivity contribution is -0.120. The highest BCUT2D eigenvalue weighted by Gasteiger charge is 2.27. The van der Waals surface area contributed by atoms with E-state index < -0.39 is 10.2 Å². The zero-order valence-electron chi connectivity index (χ0n) is 16.9. The fraction of sp³-hybridized carbons (Fsp3) is 0.381. The van der Waals surface area contributed by atoms with Gasteiger partial charge in [0.05, 0.1) is 5.69 Å². The predicted molar refractivity (Wildman–Crippen MR) is 113 cm³/mol. The van der Waals surface area contributed by atoms with Crippen LogP contribution < -0.4 is 9.62 Å². The number of hydrogen-bond donors (Lipinski definition) is 1. The molecule has 2 rings (SSSR count). The summed E-state index contributed by atoms with van der Waals surface area (Å²) in [5, 5.41) is 2.91. The lowest BCUT2D eigenvalue weighted by Gasteiger charge is -2.27. The molecule has 152 valence electrons. The molecular formula is C21H29N3O3S. The first-order chi connectivity index (χ1) is 13.2. The smallest absolute Gasteiger partial charge is 0.304 e. The number of nitrogens with one attached hydrogen (secondary N) is 1. The number of hydrogen-bond acceptors (Lipinski definition) is 3. The number of rotatable bonds is 9. The van der Waals surface area contributed by atoms with Gasteiger partial charge >= 0.3 is 10.2 Å². The molecular weight excluding hydrogens is 374 g/mol. The number of nitrogens with zero attached hydrogens (tertiary/aromatic N) is 2. The van der Waals surface area contributed by atoms with Gasteiger partial charge in [-0.05, 0) is 44.4 Å². The molecule has 28 heavy (non-hydrogen) atoms. The zero-order valence-corrected chi connectivity index (χ0v) is 17.7. The summed E-state index contributed by atoms with van der Waals surface area (Å²) in [7, 11) is -0.875. The van der Waals surface area contributed by atoms with Crippen LogP contribution in [0.15, 0.2) is 54.6 Å². The van der Waals surface area contributed by atoms with Gasteiger partial charge in [0.1, 0.15) is 6.54 Å². The van der Waals surface area contributed by atoms with Gasteiger partial charge in [0.15, 0.2) is 0 Å². The van der Waals surface area contributed by atoms with Gasteiger partial charge in [-0.15, -0.1) is 0 Å². The Morgan fingerprint density at radius 2 is 1.64 bits per heavy atom. The Bertz CT molecular complexity index is 866. The van der Waals surface area contributed by atoms with Crippen LogP contribution in [0.1, 0.15) is 24.5 Å². The second kappa shape index (κ2) is 9.71. The third kappa shape index (κ3) is 6.07. The van der Waals surface area contributed by atoms with Crippen LogP contribution in [-0.2, 0) is 21.4 Å². The highest BCUT2D eigenvalue weighted by Crippen LogP contribution is 2.20. The Hall–Kier alpha value is -2.38. The maximum absolute atomic E-state index is 12.7. The minimum absolute atomic E-state index is 0.0605. The van der Waals surface area contributed by atoms with Gasteiger partial charge < -0.3 is 5.32 Å². The first kappa shape index (κ1) is 21.9. The van der Waals surface area contributed by atoms with E-state index in [1.54, 1.807) is 12.1 Å².